The smallest absolute Gasteiger partial charge is 0.255 e. The van der Waals surface area contributed by atoms with Gasteiger partial charge in [0.25, 0.3) is 5.91 Å². The lowest BCUT2D eigenvalue weighted by Crippen LogP contribution is -2.39. The van der Waals surface area contributed by atoms with Gasteiger partial charge in [0, 0.05) is 12.1 Å². The van der Waals surface area contributed by atoms with Crippen molar-refractivity contribution in [1.82, 2.24) is 4.90 Å². The van der Waals surface area contributed by atoms with Crippen molar-refractivity contribution in [2.45, 2.75) is 32.4 Å². The summed E-state index contributed by atoms with van der Waals surface area (Å²) >= 11 is 0. The molecule has 1 saturated heterocycles. The van der Waals surface area contributed by atoms with Crippen LogP contribution in [0.4, 0.5) is 5.69 Å². The van der Waals surface area contributed by atoms with Crippen molar-refractivity contribution in [2.75, 3.05) is 19.0 Å². The number of benzene rings is 2. The second-order valence-corrected chi connectivity index (χ2v) is 6.84. The van der Waals surface area contributed by atoms with Crippen molar-refractivity contribution in [3.63, 3.8) is 0 Å². The van der Waals surface area contributed by atoms with Gasteiger partial charge >= 0.3 is 0 Å². The van der Waals surface area contributed by atoms with E-state index in [-0.39, 0.29) is 17.9 Å². The van der Waals surface area contributed by atoms with Gasteiger partial charge < -0.3 is 15.8 Å². The number of nitrogens with two attached hydrogens (primary N) is 1. The van der Waals surface area contributed by atoms with Gasteiger partial charge in [-0.05, 0) is 55.6 Å². The minimum atomic E-state index is -0.284. The number of nitrogens with one attached hydrogen (secondary N) is 1. The highest BCUT2D eigenvalue weighted by Gasteiger charge is 2.28. The first-order chi connectivity index (χ1) is 13.0. The Balaban J connectivity index is 1.76. The molecule has 1 aliphatic rings. The zero-order valence-corrected chi connectivity index (χ0v) is 15.7. The fourth-order valence-electron chi connectivity index (χ4n) is 3.54. The van der Waals surface area contributed by atoms with Crippen molar-refractivity contribution in [3.05, 3.63) is 59.2 Å². The Morgan fingerprint density at radius 2 is 2.04 bits per heavy atom. The number of hydrogen-bond donors (Lipinski definition) is 2. The molecular formula is C21H25N3O3. The maximum absolute atomic E-state index is 12.7. The molecule has 0 saturated carbocycles. The zero-order valence-electron chi connectivity index (χ0n) is 15.7. The summed E-state index contributed by atoms with van der Waals surface area (Å²) in [5, 5.41) is 2.94. The largest absolute Gasteiger partial charge is 0.495 e. The molecule has 6 heteroatoms. The Labute approximate surface area is 159 Å². The first-order valence-electron chi connectivity index (χ1n) is 9.07. The molecular weight excluding hydrogens is 342 g/mol. The summed E-state index contributed by atoms with van der Waals surface area (Å²) in [6, 6.07) is 12.8. The summed E-state index contributed by atoms with van der Waals surface area (Å²) in [4.78, 5) is 26.4. The quantitative estimate of drug-likeness (QED) is 0.822. The van der Waals surface area contributed by atoms with Crippen LogP contribution in [0.25, 0.3) is 0 Å². The predicted octanol–water partition coefficient (Wildman–Crippen LogP) is 2.71. The summed E-state index contributed by atoms with van der Waals surface area (Å²) in [5.41, 5.74) is 8.63. The van der Waals surface area contributed by atoms with Crippen LogP contribution in [0.5, 0.6) is 5.75 Å². The summed E-state index contributed by atoms with van der Waals surface area (Å²) in [5.74, 6) is 0.145. The monoisotopic (exact) mass is 367 g/mol. The van der Waals surface area contributed by atoms with Gasteiger partial charge in [-0.25, -0.2) is 0 Å². The number of carbonyl (C=O) groups excluding carboxylic acids is 2. The lowest BCUT2D eigenvalue weighted by molar-refractivity contribution is -0.122. The van der Waals surface area contributed by atoms with Gasteiger partial charge in [-0.1, -0.05) is 24.3 Å². The Bertz CT molecular complexity index is 850. The Morgan fingerprint density at radius 1 is 1.26 bits per heavy atom. The van der Waals surface area contributed by atoms with Crippen molar-refractivity contribution in [3.8, 4) is 5.75 Å². The number of anilines is 1. The van der Waals surface area contributed by atoms with E-state index in [2.05, 4.69) is 10.2 Å². The number of carbonyl (C=O) groups is 2. The third kappa shape index (κ3) is 4.28. The number of methoxy groups -OCH3 is 1. The molecule has 27 heavy (non-hydrogen) atoms. The highest BCUT2D eigenvalue weighted by molar-refractivity contribution is 6.05. The van der Waals surface area contributed by atoms with Crippen LogP contribution in [0.2, 0.25) is 0 Å². The molecule has 2 aromatic rings. The van der Waals surface area contributed by atoms with Crippen LogP contribution in [-0.2, 0) is 11.3 Å². The van der Waals surface area contributed by atoms with E-state index in [9.17, 15) is 9.59 Å². The molecule has 1 atom stereocenters. The van der Waals surface area contributed by atoms with Crippen molar-refractivity contribution in [2.24, 2.45) is 5.73 Å². The van der Waals surface area contributed by atoms with Crippen molar-refractivity contribution < 1.29 is 14.3 Å². The number of amides is 2. The van der Waals surface area contributed by atoms with Crippen LogP contribution >= 0.6 is 0 Å². The molecule has 0 spiro atoms. The normalized spacial score (nSPS) is 16.9. The highest BCUT2D eigenvalue weighted by atomic mass is 16.5. The molecule has 0 radical (unpaired) electrons. The molecule has 0 aliphatic carbocycles. The van der Waals surface area contributed by atoms with Crippen LogP contribution < -0.4 is 15.8 Å². The number of aryl methyl sites for hydroxylation is 1. The summed E-state index contributed by atoms with van der Waals surface area (Å²) in [7, 11) is 1.58. The molecule has 0 bridgehead atoms. The number of likely N-dealkylation sites (tertiary alicyclic amines) is 1. The Hall–Kier alpha value is -2.86. The molecule has 1 aliphatic heterocycles. The Kier molecular flexibility index (Phi) is 5.76. The van der Waals surface area contributed by atoms with Gasteiger partial charge in [0.2, 0.25) is 5.91 Å². The van der Waals surface area contributed by atoms with E-state index < -0.39 is 0 Å². The predicted molar refractivity (Wildman–Crippen MR) is 105 cm³/mol. The van der Waals surface area contributed by atoms with E-state index in [1.54, 1.807) is 13.2 Å². The van der Waals surface area contributed by atoms with E-state index >= 15 is 0 Å². The third-order valence-electron chi connectivity index (χ3n) is 4.96. The minimum Gasteiger partial charge on any atom is -0.495 e. The van der Waals surface area contributed by atoms with Crippen molar-refractivity contribution >= 4 is 17.5 Å². The fraction of sp³-hybridized carbons (Fsp3) is 0.333. The van der Waals surface area contributed by atoms with Gasteiger partial charge in [0.1, 0.15) is 5.75 Å². The molecule has 2 amide bonds. The molecule has 3 N–H and O–H groups in total. The maximum Gasteiger partial charge on any atom is 0.255 e. The summed E-state index contributed by atoms with van der Waals surface area (Å²) in [6.07, 6.45) is 1.75. The van der Waals surface area contributed by atoms with Crippen molar-refractivity contribution in [1.29, 1.82) is 0 Å². The number of nitrogens with zero attached hydrogens (tertiary/aromatic N) is 1. The maximum atomic E-state index is 12.7. The molecule has 0 unspecified atom stereocenters. The molecule has 2 aromatic carbocycles. The van der Waals surface area contributed by atoms with Gasteiger partial charge in [-0.2, -0.15) is 0 Å². The average molecular weight is 367 g/mol. The SMILES string of the molecule is COc1cccc(C)c1NC(=O)c1cccc(CN2CCC[C@@H]2C(N)=O)c1. The fourth-order valence-corrected chi connectivity index (χ4v) is 3.54. The van der Waals surface area contributed by atoms with E-state index in [0.717, 1.165) is 30.5 Å². The van der Waals surface area contributed by atoms with Gasteiger partial charge in [-0.3, -0.25) is 14.5 Å². The van der Waals surface area contributed by atoms with Crippen LogP contribution in [0.1, 0.15) is 34.3 Å². The lowest BCUT2D eigenvalue weighted by Gasteiger charge is -2.22. The first kappa shape index (κ1) is 18.9. The second kappa shape index (κ2) is 8.22. The van der Waals surface area contributed by atoms with Gasteiger partial charge in [0.15, 0.2) is 0 Å². The Morgan fingerprint density at radius 3 is 2.78 bits per heavy atom. The highest BCUT2D eigenvalue weighted by Crippen LogP contribution is 2.28. The van der Waals surface area contributed by atoms with E-state index in [1.165, 1.54) is 0 Å². The summed E-state index contributed by atoms with van der Waals surface area (Å²) in [6.45, 7) is 3.36. The van der Waals surface area contributed by atoms with Gasteiger partial charge in [0.05, 0.1) is 18.8 Å². The minimum absolute atomic E-state index is 0.197. The molecule has 1 heterocycles. The number of hydrogen-bond acceptors (Lipinski definition) is 4. The average Bonchev–Trinajstić information content (AvgIpc) is 3.12. The number of primary amides is 1. The lowest BCUT2D eigenvalue weighted by atomic mass is 10.1. The molecule has 1 fully saturated rings. The van der Waals surface area contributed by atoms with E-state index in [4.69, 9.17) is 10.5 Å². The first-order valence-corrected chi connectivity index (χ1v) is 9.07. The molecule has 0 aromatic heterocycles. The topological polar surface area (TPSA) is 84.7 Å². The van der Waals surface area contributed by atoms with Crippen LogP contribution in [0, 0.1) is 6.92 Å². The second-order valence-electron chi connectivity index (χ2n) is 6.84. The molecule has 6 nitrogen and oxygen atoms in total. The number of ether oxygens (including phenoxy) is 1. The molecule has 3 rings (SSSR count). The van der Waals surface area contributed by atoms with Crippen LogP contribution in [0.3, 0.4) is 0 Å². The molecule has 142 valence electrons. The third-order valence-corrected chi connectivity index (χ3v) is 4.96. The summed E-state index contributed by atoms with van der Waals surface area (Å²) < 4.78 is 5.34. The zero-order chi connectivity index (χ0) is 19.4. The number of rotatable bonds is 6. The standard InChI is InChI=1S/C21H25N3O3/c1-14-6-3-10-18(27-2)19(14)23-21(26)16-8-4-7-15(12-16)13-24-11-5-9-17(24)20(22)25/h3-4,6-8,10,12,17H,5,9,11,13H2,1-2H3,(H2,22,25)(H,23,26)/t17-/m1/s1. The number of para-hydroxylation sites is 1. The van der Waals surface area contributed by atoms with Gasteiger partial charge in [-0.15, -0.1) is 0 Å². The van der Waals surface area contributed by atoms with Crippen LogP contribution in [-0.4, -0.2) is 36.4 Å². The van der Waals surface area contributed by atoms with E-state index in [1.807, 2.05) is 43.3 Å². The van der Waals surface area contributed by atoms with Crippen LogP contribution in [0.15, 0.2) is 42.5 Å². The van der Waals surface area contributed by atoms with E-state index in [0.29, 0.717) is 23.5 Å².